The van der Waals surface area contributed by atoms with E-state index >= 15 is 0 Å². The van der Waals surface area contributed by atoms with Crippen molar-refractivity contribution in [3.05, 3.63) is 23.8 Å². The number of piperidine rings is 1. The van der Waals surface area contributed by atoms with Crippen molar-refractivity contribution in [1.29, 1.82) is 0 Å². The van der Waals surface area contributed by atoms with Crippen molar-refractivity contribution in [3.8, 4) is 0 Å². The van der Waals surface area contributed by atoms with Crippen molar-refractivity contribution < 1.29 is 18.0 Å². The van der Waals surface area contributed by atoms with Gasteiger partial charge in [0.1, 0.15) is 0 Å². The predicted octanol–water partition coefficient (Wildman–Crippen LogP) is 2.01. The van der Waals surface area contributed by atoms with Crippen LogP contribution in [0.25, 0.3) is 0 Å². The summed E-state index contributed by atoms with van der Waals surface area (Å²) in [5.41, 5.74) is 1.70. The first kappa shape index (κ1) is 20.3. The van der Waals surface area contributed by atoms with E-state index in [4.69, 9.17) is 0 Å². The molecular weight excluding hydrogens is 390 g/mol. The van der Waals surface area contributed by atoms with E-state index in [2.05, 4.69) is 0 Å². The molecule has 2 saturated heterocycles. The molecule has 1 aromatic rings. The molecule has 0 saturated carbocycles. The third-order valence-electron chi connectivity index (χ3n) is 6.46. The van der Waals surface area contributed by atoms with Crippen LogP contribution in [0.15, 0.2) is 23.1 Å². The summed E-state index contributed by atoms with van der Waals surface area (Å²) in [6.45, 7) is 5.92. The lowest BCUT2D eigenvalue weighted by Gasteiger charge is -2.32. The molecule has 1 aromatic carbocycles. The molecular formula is C21H29N3O4S. The van der Waals surface area contributed by atoms with Crippen LogP contribution in [0.4, 0.5) is 5.69 Å². The summed E-state index contributed by atoms with van der Waals surface area (Å²) in [7, 11) is -3.60. The minimum atomic E-state index is -3.60. The zero-order valence-corrected chi connectivity index (χ0v) is 18.0. The van der Waals surface area contributed by atoms with Gasteiger partial charge in [0.2, 0.25) is 21.8 Å². The number of nitrogens with zero attached hydrogens (tertiary/aromatic N) is 3. The molecule has 3 aliphatic rings. The van der Waals surface area contributed by atoms with E-state index in [0.29, 0.717) is 32.4 Å². The summed E-state index contributed by atoms with van der Waals surface area (Å²) in [4.78, 5) is 28.4. The quantitative estimate of drug-likeness (QED) is 0.751. The monoisotopic (exact) mass is 419 g/mol. The van der Waals surface area contributed by atoms with Crippen molar-refractivity contribution in [1.82, 2.24) is 9.21 Å². The van der Waals surface area contributed by atoms with Crippen LogP contribution in [0, 0.1) is 5.92 Å². The first-order valence-electron chi connectivity index (χ1n) is 10.5. The van der Waals surface area contributed by atoms with E-state index in [-0.39, 0.29) is 28.7 Å². The van der Waals surface area contributed by atoms with Crippen LogP contribution in [0.5, 0.6) is 0 Å². The highest BCUT2D eigenvalue weighted by Crippen LogP contribution is 2.35. The average molecular weight is 420 g/mol. The summed E-state index contributed by atoms with van der Waals surface area (Å²) in [5.74, 6) is 0.0940. The highest BCUT2D eigenvalue weighted by molar-refractivity contribution is 7.89. The van der Waals surface area contributed by atoms with Gasteiger partial charge in [0, 0.05) is 50.7 Å². The molecule has 4 rings (SSSR count). The van der Waals surface area contributed by atoms with Gasteiger partial charge in [-0.15, -0.1) is 0 Å². The van der Waals surface area contributed by atoms with Crippen LogP contribution in [-0.2, 0) is 26.0 Å². The number of hydrogen-bond acceptors (Lipinski definition) is 4. The van der Waals surface area contributed by atoms with Gasteiger partial charge >= 0.3 is 0 Å². The Bertz CT molecular complexity index is 916. The van der Waals surface area contributed by atoms with Gasteiger partial charge in [0.05, 0.1) is 4.90 Å². The number of carbonyl (C=O) groups excluding carboxylic acids is 2. The van der Waals surface area contributed by atoms with Crippen LogP contribution in [0.1, 0.15) is 45.1 Å². The summed E-state index contributed by atoms with van der Waals surface area (Å²) < 4.78 is 27.8. The van der Waals surface area contributed by atoms with Gasteiger partial charge < -0.3 is 9.80 Å². The van der Waals surface area contributed by atoms with Crippen LogP contribution >= 0.6 is 0 Å². The molecule has 2 fully saturated rings. The maximum atomic E-state index is 13.2. The summed E-state index contributed by atoms with van der Waals surface area (Å²) in [6, 6.07) is 5.10. The highest BCUT2D eigenvalue weighted by Gasteiger charge is 2.36. The fourth-order valence-electron chi connectivity index (χ4n) is 4.94. The number of fused-ring (bicyclic) bond motifs is 1. The number of anilines is 1. The molecule has 0 bridgehead atoms. The molecule has 0 unspecified atom stereocenters. The second-order valence-corrected chi connectivity index (χ2v) is 10.4. The van der Waals surface area contributed by atoms with E-state index in [1.165, 1.54) is 11.2 Å². The molecule has 0 aromatic heterocycles. The number of benzene rings is 1. The van der Waals surface area contributed by atoms with Crippen molar-refractivity contribution in [3.63, 3.8) is 0 Å². The number of amides is 2. The Morgan fingerprint density at radius 1 is 1.03 bits per heavy atom. The zero-order valence-electron chi connectivity index (χ0n) is 17.1. The number of sulfonamides is 1. The standard InChI is InChI=1S/C21H29N3O4S/c1-15-13-18-14-19(5-6-20(18)24(15)16(2)25)29(27,28)23-11-7-17(8-12-23)21(26)22-9-3-4-10-22/h5-6,14-15,17H,3-4,7-13H2,1-2H3/t15-/m0/s1. The Balaban J connectivity index is 1.47. The van der Waals surface area contributed by atoms with Crippen LogP contribution in [0.2, 0.25) is 0 Å². The predicted molar refractivity (Wildman–Crippen MR) is 110 cm³/mol. The topological polar surface area (TPSA) is 78.0 Å². The molecule has 0 spiro atoms. The van der Waals surface area contributed by atoms with Crippen LogP contribution in [-0.4, -0.2) is 61.7 Å². The van der Waals surface area contributed by atoms with Crippen LogP contribution in [0.3, 0.4) is 0 Å². The Hall–Kier alpha value is -1.93. The fourth-order valence-corrected chi connectivity index (χ4v) is 6.46. The average Bonchev–Trinajstić information content (AvgIpc) is 3.33. The van der Waals surface area contributed by atoms with Crippen molar-refractivity contribution in [2.75, 3.05) is 31.1 Å². The minimum Gasteiger partial charge on any atom is -0.342 e. The van der Waals surface area contributed by atoms with Gasteiger partial charge in [-0.1, -0.05) is 0 Å². The molecule has 158 valence electrons. The van der Waals surface area contributed by atoms with Gasteiger partial charge in [-0.3, -0.25) is 9.59 Å². The summed E-state index contributed by atoms with van der Waals surface area (Å²) >= 11 is 0. The van der Waals surface area contributed by atoms with Gasteiger partial charge in [-0.2, -0.15) is 4.31 Å². The fraction of sp³-hybridized carbons (Fsp3) is 0.619. The zero-order chi connectivity index (χ0) is 20.8. The molecule has 7 nitrogen and oxygen atoms in total. The molecule has 0 radical (unpaired) electrons. The molecule has 0 N–H and O–H groups in total. The Labute approximate surface area is 172 Å². The normalized spacial score (nSPS) is 23.4. The van der Waals surface area contributed by atoms with E-state index in [0.717, 1.165) is 37.2 Å². The van der Waals surface area contributed by atoms with Crippen LogP contribution < -0.4 is 4.90 Å². The second-order valence-electron chi connectivity index (χ2n) is 8.44. The van der Waals surface area contributed by atoms with E-state index in [9.17, 15) is 18.0 Å². The molecule has 3 aliphatic heterocycles. The van der Waals surface area contributed by atoms with Gasteiger partial charge in [-0.05, 0) is 62.8 Å². The van der Waals surface area contributed by atoms with Crippen molar-refractivity contribution >= 4 is 27.5 Å². The summed E-state index contributed by atoms with van der Waals surface area (Å²) in [5, 5.41) is 0. The Morgan fingerprint density at radius 3 is 2.31 bits per heavy atom. The summed E-state index contributed by atoms with van der Waals surface area (Å²) in [6.07, 6.45) is 3.95. The minimum absolute atomic E-state index is 0.0309. The third-order valence-corrected chi connectivity index (χ3v) is 8.36. The number of likely N-dealkylation sites (tertiary alicyclic amines) is 1. The molecule has 2 amide bonds. The van der Waals surface area contributed by atoms with Gasteiger partial charge in [0.25, 0.3) is 0 Å². The molecule has 3 heterocycles. The molecule has 1 atom stereocenters. The van der Waals surface area contributed by atoms with E-state index < -0.39 is 10.0 Å². The lowest BCUT2D eigenvalue weighted by molar-refractivity contribution is -0.135. The maximum absolute atomic E-state index is 13.2. The first-order chi connectivity index (χ1) is 13.8. The van der Waals surface area contributed by atoms with E-state index in [1.807, 2.05) is 11.8 Å². The number of carbonyl (C=O) groups is 2. The number of rotatable bonds is 3. The first-order valence-corrected chi connectivity index (χ1v) is 11.9. The third kappa shape index (κ3) is 3.68. The lowest BCUT2D eigenvalue weighted by atomic mass is 9.97. The number of hydrogen-bond donors (Lipinski definition) is 0. The Kier molecular flexibility index (Phi) is 5.42. The van der Waals surface area contributed by atoms with Gasteiger partial charge in [-0.25, -0.2) is 8.42 Å². The van der Waals surface area contributed by atoms with Crippen molar-refractivity contribution in [2.24, 2.45) is 5.92 Å². The molecule has 0 aliphatic carbocycles. The smallest absolute Gasteiger partial charge is 0.243 e. The molecule has 29 heavy (non-hydrogen) atoms. The Morgan fingerprint density at radius 2 is 1.69 bits per heavy atom. The largest absolute Gasteiger partial charge is 0.342 e. The lowest BCUT2D eigenvalue weighted by Crippen LogP contribution is -2.43. The molecule has 8 heteroatoms. The maximum Gasteiger partial charge on any atom is 0.243 e. The van der Waals surface area contributed by atoms with Crippen molar-refractivity contribution in [2.45, 2.75) is 56.9 Å². The highest BCUT2D eigenvalue weighted by atomic mass is 32.2. The SMILES string of the molecule is CC(=O)N1c2ccc(S(=O)(=O)N3CCC(C(=O)N4CCCC4)CC3)cc2C[C@@H]1C. The van der Waals surface area contributed by atoms with E-state index in [1.54, 1.807) is 23.1 Å². The van der Waals surface area contributed by atoms with Gasteiger partial charge in [0.15, 0.2) is 0 Å². The second kappa shape index (κ2) is 7.72.